The lowest BCUT2D eigenvalue weighted by Gasteiger charge is -2.26. The Morgan fingerprint density at radius 3 is 2.50 bits per heavy atom. The zero-order chi connectivity index (χ0) is 20.9. The predicted octanol–water partition coefficient (Wildman–Crippen LogP) is 1.04. The van der Waals surface area contributed by atoms with E-state index in [4.69, 9.17) is 16.3 Å². The van der Waals surface area contributed by atoms with Crippen LogP contribution >= 0.6 is 11.6 Å². The van der Waals surface area contributed by atoms with Gasteiger partial charge in [0.25, 0.3) is 11.8 Å². The second-order valence-corrected chi connectivity index (χ2v) is 9.32. The highest BCUT2D eigenvalue weighted by molar-refractivity contribution is 7.91. The summed E-state index contributed by atoms with van der Waals surface area (Å²) in [6, 6.07) is 5.90. The van der Waals surface area contributed by atoms with Crippen molar-refractivity contribution in [2.75, 3.05) is 25.1 Å². The number of ether oxygens (including phenoxy) is 1. The summed E-state index contributed by atoms with van der Waals surface area (Å²) in [6.07, 6.45) is -0.756. The van der Waals surface area contributed by atoms with Crippen molar-refractivity contribution < 1.29 is 27.5 Å². The number of carbonyl (C=O) groups excluding carboxylic acids is 3. The van der Waals surface area contributed by atoms with Crippen molar-refractivity contribution in [1.29, 1.82) is 0 Å². The van der Waals surface area contributed by atoms with Crippen LogP contribution in [0.25, 0.3) is 0 Å². The van der Waals surface area contributed by atoms with Crippen molar-refractivity contribution in [2.24, 2.45) is 0 Å². The first-order chi connectivity index (χ1) is 13.1. The summed E-state index contributed by atoms with van der Waals surface area (Å²) in [5.41, 5.74) is 0.412. The number of benzene rings is 1. The van der Waals surface area contributed by atoms with E-state index in [1.807, 2.05) is 0 Å². The number of likely N-dealkylation sites (N-methyl/N-ethyl adjacent to an activating group) is 1. The lowest BCUT2D eigenvalue weighted by molar-refractivity contribution is -0.159. The van der Waals surface area contributed by atoms with Crippen LogP contribution in [0.4, 0.5) is 0 Å². The van der Waals surface area contributed by atoms with E-state index in [1.54, 1.807) is 24.3 Å². The highest BCUT2D eigenvalue weighted by atomic mass is 35.5. The van der Waals surface area contributed by atoms with Gasteiger partial charge in [-0.3, -0.25) is 14.4 Å². The van der Waals surface area contributed by atoms with Gasteiger partial charge in [0.05, 0.1) is 17.9 Å². The van der Waals surface area contributed by atoms with Gasteiger partial charge in [0.2, 0.25) is 0 Å². The van der Waals surface area contributed by atoms with Crippen LogP contribution in [0.2, 0.25) is 5.02 Å². The Kier molecular flexibility index (Phi) is 7.42. The molecule has 1 aliphatic heterocycles. The van der Waals surface area contributed by atoms with E-state index in [2.05, 4.69) is 5.32 Å². The van der Waals surface area contributed by atoms with Gasteiger partial charge in [0.1, 0.15) is 0 Å². The molecule has 0 saturated carbocycles. The summed E-state index contributed by atoms with van der Waals surface area (Å²) >= 11 is 5.76. The molecule has 2 amide bonds. The fourth-order valence-corrected chi connectivity index (χ4v) is 4.74. The monoisotopic (exact) mass is 430 g/mol. The third-order valence-electron chi connectivity index (χ3n) is 4.48. The fraction of sp³-hybridized carbons (Fsp3) is 0.500. The molecule has 1 heterocycles. The predicted molar refractivity (Wildman–Crippen MR) is 104 cm³/mol. The first-order valence-electron chi connectivity index (χ1n) is 8.79. The van der Waals surface area contributed by atoms with E-state index >= 15 is 0 Å². The standard InChI is InChI=1S/C18H23ClN2O6S/c1-12(18(24)21(2)15-8-10-28(25,26)11-15)27-16(22)7-9-20-17(23)13-3-5-14(19)6-4-13/h3-6,12,15H,7-11H2,1-2H3,(H,20,23)/t12-,15-/m1/s1. The van der Waals surface area contributed by atoms with Gasteiger partial charge < -0.3 is 15.0 Å². The van der Waals surface area contributed by atoms with E-state index in [0.29, 0.717) is 17.0 Å². The van der Waals surface area contributed by atoms with Gasteiger partial charge in [0, 0.05) is 30.2 Å². The van der Waals surface area contributed by atoms with Crippen LogP contribution in [0.3, 0.4) is 0 Å². The Hall–Kier alpha value is -2.13. The Morgan fingerprint density at radius 2 is 1.93 bits per heavy atom. The van der Waals surface area contributed by atoms with Crippen LogP contribution in [0, 0.1) is 0 Å². The molecule has 0 aliphatic carbocycles. The molecule has 2 atom stereocenters. The number of hydrogen-bond acceptors (Lipinski definition) is 6. The molecule has 1 saturated heterocycles. The third kappa shape index (κ3) is 6.20. The average molecular weight is 431 g/mol. The summed E-state index contributed by atoms with van der Waals surface area (Å²) < 4.78 is 28.2. The fourth-order valence-electron chi connectivity index (χ4n) is 2.84. The molecule has 1 aromatic carbocycles. The van der Waals surface area contributed by atoms with Gasteiger partial charge >= 0.3 is 5.97 Å². The first-order valence-corrected chi connectivity index (χ1v) is 11.0. The van der Waals surface area contributed by atoms with E-state index in [0.717, 1.165) is 0 Å². The molecule has 0 unspecified atom stereocenters. The molecule has 1 fully saturated rings. The first kappa shape index (κ1) is 22.2. The normalized spacial score (nSPS) is 18.9. The molecule has 1 N–H and O–H groups in total. The topological polar surface area (TPSA) is 110 Å². The van der Waals surface area contributed by atoms with Crippen LogP contribution < -0.4 is 5.32 Å². The molecule has 10 heteroatoms. The number of nitrogens with zero attached hydrogens (tertiary/aromatic N) is 1. The molecule has 0 aromatic heterocycles. The van der Waals surface area contributed by atoms with Gasteiger partial charge in [-0.15, -0.1) is 0 Å². The Bertz CT molecular complexity index is 840. The van der Waals surface area contributed by atoms with Crippen LogP contribution in [0.5, 0.6) is 0 Å². The zero-order valence-electron chi connectivity index (χ0n) is 15.7. The number of rotatable bonds is 7. The van der Waals surface area contributed by atoms with Crippen molar-refractivity contribution >= 4 is 39.2 Å². The molecule has 2 rings (SSSR count). The molecule has 0 radical (unpaired) electrons. The lowest BCUT2D eigenvalue weighted by atomic mass is 10.2. The van der Waals surface area contributed by atoms with Crippen LogP contribution in [0.15, 0.2) is 24.3 Å². The van der Waals surface area contributed by atoms with Crippen LogP contribution in [-0.4, -0.2) is 68.3 Å². The van der Waals surface area contributed by atoms with E-state index < -0.39 is 33.9 Å². The maximum atomic E-state index is 12.3. The molecule has 0 spiro atoms. The highest BCUT2D eigenvalue weighted by Crippen LogP contribution is 2.17. The lowest BCUT2D eigenvalue weighted by Crippen LogP contribution is -2.44. The zero-order valence-corrected chi connectivity index (χ0v) is 17.3. The number of sulfone groups is 1. The van der Waals surface area contributed by atoms with Crippen molar-refractivity contribution in [3.05, 3.63) is 34.9 Å². The minimum absolute atomic E-state index is 0.0524. The highest BCUT2D eigenvalue weighted by Gasteiger charge is 2.34. The molecule has 28 heavy (non-hydrogen) atoms. The summed E-state index contributed by atoms with van der Waals surface area (Å²) in [5, 5.41) is 3.10. The number of halogens is 1. The second kappa shape index (κ2) is 9.38. The number of esters is 1. The van der Waals surface area contributed by atoms with Crippen LogP contribution in [-0.2, 0) is 24.2 Å². The quantitative estimate of drug-likeness (QED) is 0.647. The van der Waals surface area contributed by atoms with Crippen molar-refractivity contribution in [2.45, 2.75) is 31.9 Å². The number of hydrogen-bond donors (Lipinski definition) is 1. The van der Waals surface area contributed by atoms with Gasteiger partial charge in [-0.05, 0) is 37.6 Å². The molecule has 0 bridgehead atoms. The summed E-state index contributed by atoms with van der Waals surface area (Å²) in [6.45, 7) is 1.49. The minimum atomic E-state index is -3.12. The molecular formula is C18H23ClN2O6S. The SMILES string of the molecule is C[C@@H](OC(=O)CCNC(=O)c1ccc(Cl)cc1)C(=O)N(C)[C@@H]1CCS(=O)(=O)C1. The van der Waals surface area contributed by atoms with Crippen LogP contribution in [0.1, 0.15) is 30.1 Å². The van der Waals surface area contributed by atoms with Crippen molar-refractivity contribution in [3.8, 4) is 0 Å². The van der Waals surface area contributed by atoms with E-state index in [9.17, 15) is 22.8 Å². The van der Waals surface area contributed by atoms with Gasteiger partial charge in [-0.25, -0.2) is 8.42 Å². The summed E-state index contributed by atoms with van der Waals surface area (Å²) in [5.74, 6) is -1.47. The average Bonchev–Trinajstić information content (AvgIpc) is 3.00. The maximum absolute atomic E-state index is 12.3. The van der Waals surface area contributed by atoms with E-state index in [1.165, 1.54) is 18.9 Å². The Morgan fingerprint density at radius 1 is 1.29 bits per heavy atom. The molecule has 8 nitrogen and oxygen atoms in total. The maximum Gasteiger partial charge on any atom is 0.308 e. The third-order valence-corrected chi connectivity index (χ3v) is 6.48. The van der Waals surface area contributed by atoms with Crippen molar-refractivity contribution in [3.63, 3.8) is 0 Å². The van der Waals surface area contributed by atoms with Gasteiger partial charge in [0.15, 0.2) is 15.9 Å². The second-order valence-electron chi connectivity index (χ2n) is 6.65. The number of amides is 2. The smallest absolute Gasteiger partial charge is 0.308 e. The van der Waals surface area contributed by atoms with Gasteiger partial charge in [-0.2, -0.15) is 0 Å². The Balaban J connectivity index is 1.75. The number of nitrogens with one attached hydrogen (secondary N) is 1. The Labute approximate surface area is 169 Å². The van der Waals surface area contributed by atoms with Gasteiger partial charge in [-0.1, -0.05) is 11.6 Å². The largest absolute Gasteiger partial charge is 0.452 e. The molecule has 1 aromatic rings. The van der Waals surface area contributed by atoms with Crippen molar-refractivity contribution in [1.82, 2.24) is 10.2 Å². The molecule has 1 aliphatic rings. The van der Waals surface area contributed by atoms with E-state index in [-0.39, 0.29) is 30.4 Å². The molecule has 154 valence electrons. The minimum Gasteiger partial charge on any atom is -0.452 e. The summed E-state index contributed by atoms with van der Waals surface area (Å²) in [7, 11) is -1.61. The number of carbonyl (C=O) groups is 3. The summed E-state index contributed by atoms with van der Waals surface area (Å²) in [4.78, 5) is 37.5. The molecular weight excluding hydrogens is 408 g/mol.